The van der Waals surface area contributed by atoms with E-state index in [2.05, 4.69) is 52.3 Å². The van der Waals surface area contributed by atoms with Crippen molar-refractivity contribution in [3.8, 4) is 0 Å². The molecule has 0 unspecified atom stereocenters. The zero-order valence-electron chi connectivity index (χ0n) is 11.5. The van der Waals surface area contributed by atoms with Crippen LogP contribution in [-0.2, 0) is 24.3 Å². The lowest BCUT2D eigenvalue weighted by molar-refractivity contribution is 0.118. The number of aryl methyl sites for hydroxylation is 1. The van der Waals surface area contributed by atoms with Gasteiger partial charge in [-0.05, 0) is 35.6 Å². The Balaban J connectivity index is 1.71. The molecule has 0 atom stereocenters. The van der Waals surface area contributed by atoms with Gasteiger partial charge in [-0.15, -0.1) is 0 Å². The summed E-state index contributed by atoms with van der Waals surface area (Å²) in [6, 6.07) is 16.7. The maximum Gasteiger partial charge on any atom is 0.0727 e. The molecule has 0 amide bonds. The summed E-state index contributed by atoms with van der Waals surface area (Å²) in [5.41, 5.74) is 9.27. The molecular weight excluding hydrogens is 314 g/mol. The van der Waals surface area contributed by atoms with E-state index in [-0.39, 0.29) is 0 Å². The number of hydrogen-bond acceptors (Lipinski definition) is 2. The minimum Gasteiger partial charge on any atom is -0.377 e. The van der Waals surface area contributed by atoms with E-state index in [0.717, 1.165) is 29.5 Å². The second-order valence-electron chi connectivity index (χ2n) is 4.77. The van der Waals surface area contributed by atoms with Gasteiger partial charge in [-0.25, -0.2) is 0 Å². The second-order valence-corrected chi connectivity index (χ2v) is 5.63. The molecule has 0 aliphatic rings. The van der Waals surface area contributed by atoms with Crippen molar-refractivity contribution in [1.82, 2.24) is 0 Å². The third kappa shape index (κ3) is 4.75. The van der Waals surface area contributed by atoms with Gasteiger partial charge in [-0.3, -0.25) is 0 Å². The average molecular weight is 334 g/mol. The molecule has 0 saturated carbocycles. The van der Waals surface area contributed by atoms with Gasteiger partial charge in [0.1, 0.15) is 0 Å². The van der Waals surface area contributed by atoms with Crippen LogP contribution in [0.5, 0.6) is 0 Å². The van der Waals surface area contributed by atoms with Gasteiger partial charge in [0.2, 0.25) is 0 Å². The molecule has 0 aliphatic heterocycles. The zero-order valence-corrected chi connectivity index (χ0v) is 13.1. The highest BCUT2D eigenvalue weighted by Crippen LogP contribution is 2.19. The quantitative estimate of drug-likeness (QED) is 0.775. The highest BCUT2D eigenvalue weighted by molar-refractivity contribution is 9.10. The van der Waals surface area contributed by atoms with Gasteiger partial charge in [0.05, 0.1) is 6.61 Å². The number of rotatable bonds is 7. The summed E-state index contributed by atoms with van der Waals surface area (Å²) in [5, 5.41) is 0. The number of ether oxygens (including phenoxy) is 1. The first-order valence-electron chi connectivity index (χ1n) is 6.88. The topological polar surface area (TPSA) is 35.2 Å². The molecule has 2 nitrogen and oxygen atoms in total. The van der Waals surface area contributed by atoms with Crippen LogP contribution in [0.3, 0.4) is 0 Å². The molecule has 20 heavy (non-hydrogen) atoms. The van der Waals surface area contributed by atoms with Gasteiger partial charge < -0.3 is 10.5 Å². The van der Waals surface area contributed by atoms with E-state index < -0.39 is 0 Å². The normalized spacial score (nSPS) is 10.7. The molecule has 2 aromatic rings. The van der Waals surface area contributed by atoms with Gasteiger partial charge in [-0.1, -0.05) is 58.4 Å². The van der Waals surface area contributed by atoms with Crippen molar-refractivity contribution < 1.29 is 4.74 Å². The third-order valence-corrected chi connectivity index (χ3v) is 3.95. The van der Waals surface area contributed by atoms with Crippen LogP contribution in [-0.4, -0.2) is 6.61 Å². The summed E-state index contributed by atoms with van der Waals surface area (Å²) in [6.45, 7) is 1.98. The first kappa shape index (κ1) is 15.2. The number of halogens is 1. The van der Waals surface area contributed by atoms with E-state index in [4.69, 9.17) is 10.5 Å². The minimum atomic E-state index is 0.566. The van der Waals surface area contributed by atoms with Crippen molar-refractivity contribution in [1.29, 1.82) is 0 Å². The first-order chi connectivity index (χ1) is 9.79. The van der Waals surface area contributed by atoms with Gasteiger partial charge >= 0.3 is 0 Å². The fourth-order valence-electron chi connectivity index (χ4n) is 2.04. The Kier molecular flexibility index (Phi) is 6.25. The Bertz CT molecular complexity index is 528. The second kappa shape index (κ2) is 8.20. The van der Waals surface area contributed by atoms with Gasteiger partial charge in [0, 0.05) is 17.6 Å². The van der Waals surface area contributed by atoms with Crippen LogP contribution in [0, 0.1) is 0 Å². The number of nitrogens with two attached hydrogens (primary N) is 1. The fraction of sp³-hybridized carbons (Fsp3) is 0.294. The lowest BCUT2D eigenvalue weighted by Gasteiger charge is -2.08. The monoisotopic (exact) mass is 333 g/mol. The predicted molar refractivity (Wildman–Crippen MR) is 86.5 cm³/mol. The van der Waals surface area contributed by atoms with Crippen LogP contribution >= 0.6 is 15.9 Å². The van der Waals surface area contributed by atoms with Crippen LogP contribution in [0.1, 0.15) is 23.1 Å². The Morgan fingerprint density at radius 3 is 2.50 bits per heavy atom. The van der Waals surface area contributed by atoms with Gasteiger partial charge in [0.25, 0.3) is 0 Å². The molecule has 0 aliphatic carbocycles. The Labute approximate surface area is 129 Å². The SMILES string of the molecule is NCc1ccc(COCCCc2ccccc2)c(Br)c1. The van der Waals surface area contributed by atoms with Gasteiger partial charge in [-0.2, -0.15) is 0 Å². The summed E-state index contributed by atoms with van der Waals surface area (Å²) in [7, 11) is 0. The van der Waals surface area contributed by atoms with Crippen LogP contribution in [0.2, 0.25) is 0 Å². The Morgan fingerprint density at radius 2 is 1.80 bits per heavy atom. The van der Waals surface area contributed by atoms with Crippen molar-refractivity contribution in [3.63, 3.8) is 0 Å². The molecule has 106 valence electrons. The third-order valence-electron chi connectivity index (χ3n) is 3.21. The van der Waals surface area contributed by atoms with Crippen molar-refractivity contribution >= 4 is 15.9 Å². The van der Waals surface area contributed by atoms with Crippen molar-refractivity contribution in [2.45, 2.75) is 26.0 Å². The molecule has 3 heteroatoms. The van der Waals surface area contributed by atoms with E-state index in [9.17, 15) is 0 Å². The molecule has 0 fully saturated rings. The highest BCUT2D eigenvalue weighted by Gasteiger charge is 2.01. The van der Waals surface area contributed by atoms with Crippen LogP contribution in [0.15, 0.2) is 53.0 Å². The number of hydrogen-bond donors (Lipinski definition) is 1. The number of benzene rings is 2. The largest absolute Gasteiger partial charge is 0.377 e. The summed E-state index contributed by atoms with van der Waals surface area (Å²) in [4.78, 5) is 0. The molecule has 0 saturated heterocycles. The summed E-state index contributed by atoms with van der Waals surface area (Å²) in [5.74, 6) is 0. The standard InChI is InChI=1S/C17H20BrNO/c18-17-11-15(12-19)8-9-16(17)13-20-10-4-7-14-5-2-1-3-6-14/h1-3,5-6,8-9,11H,4,7,10,12-13,19H2. The first-order valence-corrected chi connectivity index (χ1v) is 7.68. The van der Waals surface area contributed by atoms with Crippen molar-refractivity contribution in [2.75, 3.05) is 6.61 Å². The Hall–Kier alpha value is -1.16. The van der Waals surface area contributed by atoms with Gasteiger partial charge in [0.15, 0.2) is 0 Å². The van der Waals surface area contributed by atoms with Crippen LogP contribution < -0.4 is 5.73 Å². The molecular formula is C17H20BrNO. The molecule has 2 N–H and O–H groups in total. The lowest BCUT2D eigenvalue weighted by atomic mass is 10.1. The van der Waals surface area contributed by atoms with Crippen molar-refractivity contribution in [3.05, 3.63) is 69.7 Å². The molecule has 0 aromatic heterocycles. The Morgan fingerprint density at radius 1 is 1.00 bits per heavy atom. The molecule has 0 bridgehead atoms. The maximum absolute atomic E-state index is 5.73. The molecule has 2 aromatic carbocycles. The molecule has 2 rings (SSSR count). The van der Waals surface area contributed by atoms with E-state index in [0.29, 0.717) is 13.2 Å². The summed E-state index contributed by atoms with van der Waals surface area (Å²) >= 11 is 3.56. The molecule has 0 heterocycles. The predicted octanol–water partition coefficient (Wildman–Crippen LogP) is 4.06. The van der Waals surface area contributed by atoms with E-state index in [1.807, 2.05) is 12.1 Å². The van der Waals surface area contributed by atoms with E-state index in [1.165, 1.54) is 11.1 Å². The minimum absolute atomic E-state index is 0.566. The average Bonchev–Trinajstić information content (AvgIpc) is 2.49. The molecule has 0 radical (unpaired) electrons. The summed E-state index contributed by atoms with van der Waals surface area (Å²) < 4.78 is 6.81. The highest BCUT2D eigenvalue weighted by atomic mass is 79.9. The van der Waals surface area contributed by atoms with E-state index >= 15 is 0 Å². The van der Waals surface area contributed by atoms with Crippen LogP contribution in [0.25, 0.3) is 0 Å². The zero-order chi connectivity index (χ0) is 14.2. The van der Waals surface area contributed by atoms with Crippen LogP contribution in [0.4, 0.5) is 0 Å². The van der Waals surface area contributed by atoms with Crippen molar-refractivity contribution in [2.24, 2.45) is 5.73 Å². The maximum atomic E-state index is 5.73. The summed E-state index contributed by atoms with van der Waals surface area (Å²) in [6.07, 6.45) is 2.11. The molecule has 0 spiro atoms. The fourth-order valence-corrected chi connectivity index (χ4v) is 2.58. The lowest BCUT2D eigenvalue weighted by Crippen LogP contribution is -2.00. The van der Waals surface area contributed by atoms with E-state index in [1.54, 1.807) is 0 Å². The smallest absolute Gasteiger partial charge is 0.0727 e.